The molecule has 1 nitrogen and oxygen atoms in total. The maximum Gasteiger partial charge on any atom is 0.0538 e. The van der Waals surface area contributed by atoms with Gasteiger partial charge in [-0.2, -0.15) is 0 Å². The summed E-state index contributed by atoms with van der Waals surface area (Å²) in [5.74, 6) is 0. The van der Waals surface area contributed by atoms with E-state index in [2.05, 4.69) is 182 Å². The molecule has 6 rings (SSSR count). The molecule has 2 heteroatoms. The molecule has 6 aromatic rings. The molecule has 0 aliphatic carbocycles. The van der Waals surface area contributed by atoms with E-state index in [9.17, 15) is 0 Å². The maximum atomic E-state index is 2.60. The van der Waals surface area contributed by atoms with Gasteiger partial charge in [-0.25, -0.2) is 0 Å². The summed E-state index contributed by atoms with van der Waals surface area (Å²) in [6.07, 6.45) is 4.56. The van der Waals surface area contributed by atoms with Crippen molar-refractivity contribution in [3.63, 3.8) is 0 Å². The molecule has 0 spiro atoms. The van der Waals surface area contributed by atoms with Crippen LogP contribution in [0.1, 0.15) is 24.1 Å². The summed E-state index contributed by atoms with van der Waals surface area (Å²) in [4.78, 5) is 2.60. The van der Waals surface area contributed by atoms with Crippen LogP contribution in [0.2, 0.25) is 0 Å². The van der Waals surface area contributed by atoms with E-state index in [0.29, 0.717) is 0 Å². The highest BCUT2D eigenvalue weighted by Gasteiger charge is 2.26. The van der Waals surface area contributed by atoms with E-state index in [-0.39, 0.29) is 6.04 Å². The van der Waals surface area contributed by atoms with Crippen LogP contribution in [0.25, 0.3) is 16.8 Å². The Bertz CT molecular complexity index is 1670. The Labute approximate surface area is 245 Å². The third-order valence-electron chi connectivity index (χ3n) is 7.60. The van der Waals surface area contributed by atoms with Gasteiger partial charge in [-0.1, -0.05) is 170 Å². The lowest BCUT2D eigenvalue weighted by Gasteiger charge is -2.35. The zero-order valence-electron chi connectivity index (χ0n) is 23.3. The van der Waals surface area contributed by atoms with Gasteiger partial charge in [0.05, 0.1) is 11.7 Å². The van der Waals surface area contributed by atoms with Crippen LogP contribution in [0.15, 0.2) is 164 Å². The summed E-state index contributed by atoms with van der Waals surface area (Å²) in [6.45, 7) is 3.13. The van der Waals surface area contributed by atoms with Crippen LogP contribution < -0.4 is 20.8 Å². The predicted molar refractivity (Wildman–Crippen MR) is 180 cm³/mol. The third-order valence-corrected chi connectivity index (χ3v) is 10.1. The highest BCUT2D eigenvalue weighted by atomic mass is 31.1. The molecule has 0 aliphatic heterocycles. The number of benzene rings is 6. The van der Waals surface area contributed by atoms with Crippen molar-refractivity contribution >= 4 is 46.4 Å². The number of anilines is 1. The quantitative estimate of drug-likeness (QED) is 0.163. The number of fused-ring (bicyclic) bond motifs is 1. The van der Waals surface area contributed by atoms with Crippen molar-refractivity contribution in [2.75, 3.05) is 11.4 Å². The van der Waals surface area contributed by atoms with Crippen molar-refractivity contribution in [2.45, 2.75) is 13.0 Å². The first-order valence-electron chi connectivity index (χ1n) is 14.2. The molecule has 0 unspecified atom stereocenters. The Balaban J connectivity index is 1.57. The van der Waals surface area contributed by atoms with Gasteiger partial charge in [0, 0.05) is 17.2 Å². The van der Waals surface area contributed by atoms with Gasteiger partial charge in [0.25, 0.3) is 0 Å². The van der Waals surface area contributed by atoms with E-state index >= 15 is 0 Å². The van der Waals surface area contributed by atoms with Gasteiger partial charge in [-0.15, -0.1) is 0 Å². The predicted octanol–water partition coefficient (Wildman–Crippen LogP) is 8.88. The number of hydrogen-bond donors (Lipinski definition) is 0. The largest absolute Gasteiger partial charge is 0.360 e. The van der Waals surface area contributed by atoms with Gasteiger partial charge in [-0.05, 0) is 42.0 Å². The Morgan fingerprint density at radius 1 is 0.585 bits per heavy atom. The maximum absolute atomic E-state index is 2.60. The smallest absolute Gasteiger partial charge is 0.0538 e. The van der Waals surface area contributed by atoms with Crippen molar-refractivity contribution in [1.82, 2.24) is 0 Å². The Kier molecular flexibility index (Phi) is 8.36. The van der Waals surface area contributed by atoms with Gasteiger partial charge in [-0.3, -0.25) is 0 Å². The minimum absolute atomic E-state index is 0.171. The molecule has 0 aromatic heterocycles. The average Bonchev–Trinajstić information content (AvgIpc) is 3.05. The van der Waals surface area contributed by atoms with E-state index < -0.39 is 7.92 Å². The van der Waals surface area contributed by atoms with Gasteiger partial charge < -0.3 is 4.90 Å². The Morgan fingerprint density at radius 2 is 1.12 bits per heavy atom. The highest BCUT2D eigenvalue weighted by molar-refractivity contribution is 7.80. The summed E-state index contributed by atoms with van der Waals surface area (Å²) < 4.78 is 0. The van der Waals surface area contributed by atoms with Crippen LogP contribution in [-0.2, 0) is 0 Å². The fourth-order valence-electron chi connectivity index (χ4n) is 5.53. The summed E-state index contributed by atoms with van der Waals surface area (Å²) in [5, 5.41) is 6.65. The van der Waals surface area contributed by atoms with Crippen molar-refractivity contribution < 1.29 is 0 Å². The Hall–Kier alpha value is -4.45. The zero-order chi connectivity index (χ0) is 27.9. The molecule has 6 aromatic carbocycles. The molecule has 0 radical (unpaired) electrons. The van der Waals surface area contributed by atoms with Crippen molar-refractivity contribution in [3.05, 3.63) is 175 Å². The van der Waals surface area contributed by atoms with E-state index in [1.165, 1.54) is 43.5 Å². The summed E-state index contributed by atoms with van der Waals surface area (Å²) in [7, 11) is -0.791. The van der Waals surface area contributed by atoms with Crippen LogP contribution in [0, 0.1) is 0 Å². The van der Waals surface area contributed by atoms with E-state index in [0.717, 1.165) is 6.54 Å². The normalized spacial score (nSPS) is 12.1. The fourth-order valence-corrected chi connectivity index (χ4v) is 8.01. The molecule has 0 bridgehead atoms. The standard InChI is InChI=1S/C39H34NP/c1-31(33-20-8-3-9-21-33)40(30-16-19-32-17-6-2-7-18-32)39-37-27-15-14-22-34(37)28-29-38(39)41(35-23-10-4-11-24-35)36-25-12-5-13-26-36/h2-29,31H,30H2,1H3/b19-16-/t31-/m0/s1. The first kappa shape index (κ1) is 26.8. The van der Waals surface area contributed by atoms with Crippen molar-refractivity contribution in [1.29, 1.82) is 0 Å². The molecule has 0 aliphatic rings. The first-order chi connectivity index (χ1) is 20.3. The van der Waals surface area contributed by atoms with Crippen LogP contribution in [0.4, 0.5) is 5.69 Å². The van der Waals surface area contributed by atoms with Gasteiger partial charge in [0.1, 0.15) is 0 Å². The van der Waals surface area contributed by atoms with E-state index in [1.54, 1.807) is 0 Å². The summed E-state index contributed by atoms with van der Waals surface area (Å²) in [6, 6.07) is 57.2. The second kappa shape index (κ2) is 12.8. The number of hydrogen-bond acceptors (Lipinski definition) is 1. The number of nitrogens with zero attached hydrogens (tertiary/aromatic N) is 1. The van der Waals surface area contributed by atoms with Crippen molar-refractivity contribution in [3.8, 4) is 0 Å². The lowest BCUT2D eigenvalue weighted by molar-refractivity contribution is 0.713. The minimum atomic E-state index is -0.791. The van der Waals surface area contributed by atoms with E-state index in [1.807, 2.05) is 0 Å². The first-order valence-corrected chi connectivity index (χ1v) is 15.6. The molecule has 1 atom stereocenters. The molecule has 0 saturated heterocycles. The monoisotopic (exact) mass is 547 g/mol. The van der Waals surface area contributed by atoms with Crippen molar-refractivity contribution in [2.24, 2.45) is 0 Å². The molecular formula is C39H34NP. The highest BCUT2D eigenvalue weighted by Crippen LogP contribution is 2.42. The second-order valence-electron chi connectivity index (χ2n) is 10.2. The van der Waals surface area contributed by atoms with Crippen LogP contribution in [-0.4, -0.2) is 6.54 Å². The number of rotatable bonds is 9. The van der Waals surface area contributed by atoms with Gasteiger partial charge in [0.2, 0.25) is 0 Å². The molecule has 41 heavy (non-hydrogen) atoms. The summed E-state index contributed by atoms with van der Waals surface area (Å²) in [5.41, 5.74) is 3.84. The summed E-state index contributed by atoms with van der Waals surface area (Å²) >= 11 is 0. The van der Waals surface area contributed by atoms with Gasteiger partial charge >= 0.3 is 0 Å². The van der Waals surface area contributed by atoms with Gasteiger partial charge in [0.15, 0.2) is 0 Å². The molecule has 0 saturated carbocycles. The lowest BCUT2D eigenvalue weighted by atomic mass is 10.0. The molecule has 0 N–H and O–H groups in total. The lowest BCUT2D eigenvalue weighted by Crippen LogP contribution is -2.33. The average molecular weight is 548 g/mol. The van der Waals surface area contributed by atoms with Crippen LogP contribution in [0.3, 0.4) is 0 Å². The van der Waals surface area contributed by atoms with Crippen LogP contribution in [0.5, 0.6) is 0 Å². The Morgan fingerprint density at radius 3 is 1.76 bits per heavy atom. The van der Waals surface area contributed by atoms with E-state index in [4.69, 9.17) is 0 Å². The SMILES string of the molecule is C[C@@H](c1ccccc1)N(C/C=C\c1ccccc1)c1c(P(c2ccccc2)c2ccccc2)ccc2ccccc12. The third kappa shape index (κ3) is 6.02. The molecule has 0 fully saturated rings. The molecule has 200 valence electrons. The molecule has 0 amide bonds. The second-order valence-corrected chi connectivity index (χ2v) is 12.4. The zero-order valence-corrected chi connectivity index (χ0v) is 24.2. The topological polar surface area (TPSA) is 3.24 Å². The molecular weight excluding hydrogens is 513 g/mol. The molecule has 0 heterocycles. The minimum Gasteiger partial charge on any atom is -0.360 e. The van der Waals surface area contributed by atoms with Crippen LogP contribution >= 0.6 is 7.92 Å². The fraction of sp³-hybridized carbons (Fsp3) is 0.0769.